The topological polar surface area (TPSA) is 141 Å². The van der Waals surface area contributed by atoms with E-state index in [0.29, 0.717) is 24.7 Å². The quantitative estimate of drug-likeness (QED) is 0.507. The number of carbonyl (C=O) groups is 1. The minimum atomic E-state index is -1.22. The molecule has 4 rings (SSSR count). The fourth-order valence-corrected chi connectivity index (χ4v) is 4.82. The molecule has 3 aromatic rings. The zero-order chi connectivity index (χ0) is 25.4. The average molecular weight is 480 g/mol. The van der Waals surface area contributed by atoms with E-state index in [0.717, 1.165) is 28.8 Å². The number of hydrogen-bond donors (Lipinski definition) is 2. The Hall–Kier alpha value is -3.91. The Kier molecular flexibility index (Phi) is 6.49. The fraction of sp³-hybridized carbons (Fsp3) is 0.458. The van der Waals surface area contributed by atoms with Gasteiger partial charge in [-0.05, 0) is 39.7 Å². The molecule has 0 unspecified atom stereocenters. The Balaban J connectivity index is 2.06. The summed E-state index contributed by atoms with van der Waals surface area (Å²) in [5, 5.41) is 10.2. The molecular weight excluding hydrogens is 450 g/mol. The molecule has 0 amide bonds. The van der Waals surface area contributed by atoms with Gasteiger partial charge in [-0.2, -0.15) is 0 Å². The van der Waals surface area contributed by atoms with Gasteiger partial charge in [-0.15, -0.1) is 5.92 Å². The van der Waals surface area contributed by atoms with Crippen LogP contribution in [0.2, 0.25) is 0 Å². The molecule has 1 saturated heterocycles. The van der Waals surface area contributed by atoms with Crippen molar-refractivity contribution < 1.29 is 9.90 Å². The number of carboxylic acids is 1. The van der Waals surface area contributed by atoms with Crippen LogP contribution < -0.4 is 21.9 Å². The number of rotatable bonds is 5. The highest BCUT2D eigenvalue weighted by Gasteiger charge is 2.32. The molecule has 11 nitrogen and oxygen atoms in total. The first kappa shape index (κ1) is 24.2. The van der Waals surface area contributed by atoms with Gasteiger partial charge in [0.05, 0.1) is 18.6 Å². The second kappa shape index (κ2) is 9.38. The summed E-state index contributed by atoms with van der Waals surface area (Å²) >= 11 is 0. The minimum absolute atomic E-state index is 0.0668. The van der Waals surface area contributed by atoms with Crippen LogP contribution in [-0.2, 0) is 20.1 Å². The van der Waals surface area contributed by atoms with E-state index in [2.05, 4.69) is 21.8 Å². The first-order chi connectivity index (χ1) is 16.6. The number of aromatic carboxylic acids is 1. The number of hydrogen-bond acceptors (Lipinski definition) is 7. The van der Waals surface area contributed by atoms with Gasteiger partial charge < -0.3 is 20.3 Å². The molecule has 3 N–H and O–H groups in total. The Labute approximate surface area is 201 Å². The molecule has 184 valence electrons. The van der Waals surface area contributed by atoms with Gasteiger partial charge in [-0.3, -0.25) is 13.9 Å². The molecule has 1 aliphatic heterocycles. The van der Waals surface area contributed by atoms with Crippen molar-refractivity contribution in [3.63, 3.8) is 0 Å². The number of fused-ring (bicyclic) bond motifs is 1. The Bertz CT molecular complexity index is 1480. The number of anilines is 1. The van der Waals surface area contributed by atoms with Crippen LogP contribution in [0.25, 0.3) is 11.0 Å². The second-order valence-electron chi connectivity index (χ2n) is 8.86. The number of aromatic nitrogens is 5. The van der Waals surface area contributed by atoms with Crippen LogP contribution in [0, 0.1) is 25.7 Å². The van der Waals surface area contributed by atoms with E-state index >= 15 is 0 Å². The lowest BCUT2D eigenvalue weighted by Gasteiger charge is -2.33. The monoisotopic (exact) mass is 479 g/mol. The van der Waals surface area contributed by atoms with Crippen molar-refractivity contribution in [2.75, 3.05) is 18.0 Å². The van der Waals surface area contributed by atoms with Gasteiger partial charge in [-0.1, -0.05) is 5.92 Å². The molecule has 0 radical (unpaired) electrons. The second-order valence-corrected chi connectivity index (χ2v) is 8.86. The molecule has 0 aromatic carbocycles. The van der Waals surface area contributed by atoms with E-state index in [-0.39, 0.29) is 35.7 Å². The third kappa shape index (κ3) is 4.33. The van der Waals surface area contributed by atoms with Crippen LogP contribution in [0.15, 0.2) is 15.7 Å². The van der Waals surface area contributed by atoms with E-state index in [1.54, 1.807) is 17.6 Å². The molecule has 4 heterocycles. The molecule has 11 heteroatoms. The normalized spacial score (nSPS) is 15.8. The third-order valence-electron chi connectivity index (χ3n) is 6.22. The van der Waals surface area contributed by atoms with Crippen molar-refractivity contribution in [1.29, 1.82) is 0 Å². The Morgan fingerprint density at radius 3 is 2.49 bits per heavy atom. The van der Waals surface area contributed by atoms with Gasteiger partial charge in [-0.25, -0.2) is 19.6 Å². The lowest BCUT2D eigenvalue weighted by atomic mass is 10.1. The van der Waals surface area contributed by atoms with Gasteiger partial charge in [0.15, 0.2) is 0 Å². The molecule has 0 bridgehead atoms. The first-order valence-electron chi connectivity index (χ1n) is 11.4. The maximum absolute atomic E-state index is 13.8. The molecule has 1 atom stereocenters. The van der Waals surface area contributed by atoms with Crippen LogP contribution in [0.3, 0.4) is 0 Å². The molecule has 0 saturated carbocycles. The third-order valence-corrected chi connectivity index (χ3v) is 6.22. The number of aryl methyl sites for hydroxylation is 3. The Morgan fingerprint density at radius 1 is 1.20 bits per heavy atom. The lowest BCUT2D eigenvalue weighted by molar-refractivity contribution is 0.0699. The van der Waals surface area contributed by atoms with Gasteiger partial charge in [0.25, 0.3) is 5.56 Å². The van der Waals surface area contributed by atoms with E-state index in [1.807, 2.05) is 18.7 Å². The number of piperidine rings is 1. The molecule has 35 heavy (non-hydrogen) atoms. The first-order valence-corrected chi connectivity index (χ1v) is 11.4. The summed E-state index contributed by atoms with van der Waals surface area (Å²) < 4.78 is 3.86. The molecule has 1 fully saturated rings. The van der Waals surface area contributed by atoms with Crippen LogP contribution >= 0.6 is 0 Å². The number of nitrogens with two attached hydrogens (primary N) is 1. The molecule has 3 aromatic heterocycles. The van der Waals surface area contributed by atoms with Crippen molar-refractivity contribution in [3.05, 3.63) is 49.7 Å². The van der Waals surface area contributed by atoms with Gasteiger partial charge >= 0.3 is 11.7 Å². The minimum Gasteiger partial charge on any atom is -0.477 e. The largest absolute Gasteiger partial charge is 0.477 e. The highest BCUT2D eigenvalue weighted by Crippen LogP contribution is 2.32. The van der Waals surface area contributed by atoms with Gasteiger partial charge in [0, 0.05) is 37.6 Å². The van der Waals surface area contributed by atoms with Crippen molar-refractivity contribution in [3.8, 4) is 11.8 Å². The van der Waals surface area contributed by atoms with Crippen LogP contribution in [0.5, 0.6) is 0 Å². The predicted octanol–water partition coefficient (Wildman–Crippen LogP) is 0.606. The summed E-state index contributed by atoms with van der Waals surface area (Å²) in [4.78, 5) is 50.2. The highest BCUT2D eigenvalue weighted by molar-refractivity contribution is 6.07. The smallest absolute Gasteiger partial charge is 0.341 e. The maximum atomic E-state index is 13.8. The predicted molar refractivity (Wildman–Crippen MR) is 132 cm³/mol. The number of nitrogens with zero attached hydrogens (tertiary/aromatic N) is 6. The summed E-state index contributed by atoms with van der Waals surface area (Å²) in [6, 6.07) is 1.67. The van der Waals surface area contributed by atoms with E-state index in [4.69, 9.17) is 5.73 Å². The summed E-state index contributed by atoms with van der Waals surface area (Å²) in [5.41, 5.74) is 6.44. The van der Waals surface area contributed by atoms with Crippen LogP contribution in [-0.4, -0.2) is 53.9 Å². The van der Waals surface area contributed by atoms with Crippen molar-refractivity contribution in [1.82, 2.24) is 23.7 Å². The lowest BCUT2D eigenvalue weighted by Crippen LogP contribution is -2.44. The zero-order valence-corrected chi connectivity index (χ0v) is 20.3. The van der Waals surface area contributed by atoms with E-state index < -0.39 is 17.2 Å². The molecular formula is C24H29N7O4. The van der Waals surface area contributed by atoms with E-state index in [9.17, 15) is 19.5 Å². The van der Waals surface area contributed by atoms with Gasteiger partial charge in [0.1, 0.15) is 22.7 Å². The van der Waals surface area contributed by atoms with E-state index in [1.165, 1.54) is 11.6 Å². The molecule has 1 aliphatic rings. The highest BCUT2D eigenvalue weighted by atomic mass is 16.4. The summed E-state index contributed by atoms with van der Waals surface area (Å²) in [6.45, 7) is 6.27. The maximum Gasteiger partial charge on any atom is 0.341 e. The van der Waals surface area contributed by atoms with Crippen molar-refractivity contribution in [2.24, 2.45) is 12.8 Å². The summed E-state index contributed by atoms with van der Waals surface area (Å²) in [5.74, 6) is 5.21. The van der Waals surface area contributed by atoms with Crippen LogP contribution in [0.4, 0.5) is 5.82 Å². The summed E-state index contributed by atoms with van der Waals surface area (Å²) in [7, 11) is 1.47. The molecule has 0 aliphatic carbocycles. The standard InChI is InChI=1S/C24H29N7O4/c1-5-6-10-30-20-19(18(23(33)34)21(30)29-9-7-8-16(25)12-29)28(4)24(35)31(22(20)32)13-17-26-14(2)11-15(3)27-17/h11,16H,7-10,12-13,25H2,1-4H3,(H,33,34)/t16-/m1/s1. The van der Waals surface area contributed by atoms with Crippen LogP contribution in [0.1, 0.15) is 47.3 Å². The molecule has 0 spiro atoms. The van der Waals surface area contributed by atoms with Crippen molar-refractivity contribution in [2.45, 2.75) is 52.7 Å². The Morgan fingerprint density at radius 2 is 1.89 bits per heavy atom. The number of carboxylic acid groups (broad SMARTS) is 1. The summed E-state index contributed by atoms with van der Waals surface area (Å²) in [6.07, 6.45) is 1.61. The van der Waals surface area contributed by atoms with Crippen molar-refractivity contribution >= 4 is 22.8 Å². The van der Waals surface area contributed by atoms with Gasteiger partial charge in [0.2, 0.25) is 0 Å². The zero-order valence-electron chi connectivity index (χ0n) is 20.3. The SMILES string of the molecule is CC#CCn1c(N2CCC[C@@H](N)C2)c(C(=O)O)c2c1c(=O)n(Cc1nc(C)cc(C)n1)c(=O)n2C. The fourth-order valence-electron chi connectivity index (χ4n) is 4.82. The average Bonchev–Trinajstić information content (AvgIpc) is 3.14.